The molecule has 0 aromatic heterocycles. The SMILES string of the molecule is Cc1ccc(S(=O)(=O)N(CC(=O)N(Cc2ccc(Cl)cc2)[C@@H](C)C(=O)NC2CCCC2)c2cc(Cl)cc(Cl)c2)cc1. The van der Waals surface area contributed by atoms with Gasteiger partial charge in [0.2, 0.25) is 11.8 Å². The second-order valence-electron chi connectivity index (χ2n) is 10.3. The van der Waals surface area contributed by atoms with Crippen molar-refractivity contribution in [3.05, 3.63) is 92.9 Å². The van der Waals surface area contributed by atoms with E-state index in [1.807, 2.05) is 6.92 Å². The molecule has 0 radical (unpaired) electrons. The molecule has 1 saturated carbocycles. The number of halogens is 3. The van der Waals surface area contributed by atoms with Crippen molar-refractivity contribution in [2.24, 2.45) is 0 Å². The zero-order valence-corrected chi connectivity index (χ0v) is 25.9. The molecule has 2 amide bonds. The van der Waals surface area contributed by atoms with Crippen molar-refractivity contribution in [2.45, 2.75) is 63.1 Å². The van der Waals surface area contributed by atoms with Crippen LogP contribution in [0.3, 0.4) is 0 Å². The third-order valence-corrected chi connectivity index (χ3v) is 9.63. The summed E-state index contributed by atoms with van der Waals surface area (Å²) in [5.41, 5.74) is 1.75. The molecule has 0 heterocycles. The van der Waals surface area contributed by atoms with Crippen LogP contribution in [0.1, 0.15) is 43.7 Å². The van der Waals surface area contributed by atoms with Gasteiger partial charge in [-0.2, -0.15) is 0 Å². The van der Waals surface area contributed by atoms with Gasteiger partial charge in [0, 0.05) is 27.7 Å². The molecule has 0 unspecified atom stereocenters. The first kappa shape index (κ1) is 31.2. The quantitative estimate of drug-likeness (QED) is 0.271. The molecular formula is C30H32Cl3N3O4S. The van der Waals surface area contributed by atoms with Crippen LogP contribution in [0.15, 0.2) is 71.6 Å². The Hall–Kier alpha value is -2.78. The van der Waals surface area contributed by atoms with Crippen LogP contribution in [0.4, 0.5) is 5.69 Å². The van der Waals surface area contributed by atoms with Crippen LogP contribution in [0.2, 0.25) is 15.1 Å². The first-order chi connectivity index (χ1) is 19.4. The molecule has 0 bridgehead atoms. The number of hydrogen-bond donors (Lipinski definition) is 1. The van der Waals surface area contributed by atoms with Gasteiger partial charge in [0.25, 0.3) is 10.0 Å². The van der Waals surface area contributed by atoms with Crippen molar-refractivity contribution < 1.29 is 18.0 Å². The monoisotopic (exact) mass is 635 g/mol. The molecule has 11 heteroatoms. The highest BCUT2D eigenvalue weighted by Gasteiger charge is 2.33. The highest BCUT2D eigenvalue weighted by molar-refractivity contribution is 7.92. The Kier molecular flexibility index (Phi) is 10.2. The molecule has 218 valence electrons. The predicted octanol–water partition coefficient (Wildman–Crippen LogP) is 6.63. The van der Waals surface area contributed by atoms with E-state index in [2.05, 4.69) is 5.32 Å². The van der Waals surface area contributed by atoms with E-state index in [1.165, 1.54) is 35.2 Å². The highest BCUT2D eigenvalue weighted by Crippen LogP contribution is 2.30. The van der Waals surface area contributed by atoms with Gasteiger partial charge in [-0.1, -0.05) is 77.5 Å². The van der Waals surface area contributed by atoms with E-state index < -0.39 is 28.5 Å². The molecule has 7 nitrogen and oxygen atoms in total. The lowest BCUT2D eigenvalue weighted by molar-refractivity contribution is -0.139. The average Bonchev–Trinajstić information content (AvgIpc) is 3.43. The van der Waals surface area contributed by atoms with Crippen molar-refractivity contribution in [2.75, 3.05) is 10.8 Å². The zero-order chi connectivity index (χ0) is 29.7. The standard InChI is InChI=1S/C30H32Cl3N3O4S/c1-20-7-13-28(14-8-20)41(39,40)36(27-16-24(32)15-25(33)17-27)19-29(37)35(18-22-9-11-23(31)12-10-22)21(2)30(38)34-26-5-3-4-6-26/h7-17,21,26H,3-6,18-19H2,1-2H3,(H,34,38)/t21-/m0/s1. The maximum Gasteiger partial charge on any atom is 0.264 e. The topological polar surface area (TPSA) is 86.8 Å². The summed E-state index contributed by atoms with van der Waals surface area (Å²) in [6.07, 6.45) is 3.87. The molecule has 1 aliphatic rings. The number of carbonyl (C=O) groups excluding carboxylic acids is 2. The number of anilines is 1. The zero-order valence-electron chi connectivity index (χ0n) is 22.8. The number of nitrogens with zero attached hydrogens (tertiary/aromatic N) is 2. The Morgan fingerprint density at radius 3 is 2.07 bits per heavy atom. The molecule has 0 spiro atoms. The Morgan fingerprint density at radius 1 is 0.902 bits per heavy atom. The van der Waals surface area contributed by atoms with Gasteiger partial charge in [-0.3, -0.25) is 13.9 Å². The van der Waals surface area contributed by atoms with E-state index >= 15 is 0 Å². The van der Waals surface area contributed by atoms with Gasteiger partial charge in [-0.05, 0) is 74.7 Å². The number of hydrogen-bond acceptors (Lipinski definition) is 4. The Balaban J connectivity index is 1.70. The third-order valence-electron chi connectivity index (χ3n) is 7.16. The van der Waals surface area contributed by atoms with Crippen LogP contribution in [-0.4, -0.2) is 43.8 Å². The second kappa shape index (κ2) is 13.5. The Bertz CT molecular complexity index is 1470. The lowest BCUT2D eigenvalue weighted by atomic mass is 10.1. The average molecular weight is 637 g/mol. The van der Waals surface area contributed by atoms with E-state index in [0.29, 0.717) is 5.02 Å². The summed E-state index contributed by atoms with van der Waals surface area (Å²) in [5.74, 6) is -0.862. The second-order valence-corrected chi connectivity index (χ2v) is 13.4. The van der Waals surface area contributed by atoms with Gasteiger partial charge in [0.15, 0.2) is 0 Å². The Labute approximate surface area is 256 Å². The fourth-order valence-corrected chi connectivity index (χ4v) is 6.85. The van der Waals surface area contributed by atoms with Gasteiger partial charge in [0.05, 0.1) is 10.6 Å². The Morgan fingerprint density at radius 2 is 1.49 bits per heavy atom. The number of nitrogens with one attached hydrogen (secondary N) is 1. The number of aryl methyl sites for hydroxylation is 1. The highest BCUT2D eigenvalue weighted by atomic mass is 35.5. The molecule has 4 rings (SSSR count). The van der Waals surface area contributed by atoms with Crippen molar-refractivity contribution in [1.82, 2.24) is 10.2 Å². The van der Waals surface area contributed by atoms with Gasteiger partial charge in [0.1, 0.15) is 12.6 Å². The van der Waals surface area contributed by atoms with E-state index in [-0.39, 0.29) is 39.1 Å². The lowest BCUT2D eigenvalue weighted by Crippen LogP contribution is -2.52. The summed E-state index contributed by atoms with van der Waals surface area (Å²) in [7, 11) is -4.23. The minimum atomic E-state index is -4.23. The molecule has 41 heavy (non-hydrogen) atoms. The maximum atomic E-state index is 14.0. The first-order valence-corrected chi connectivity index (χ1v) is 15.9. The summed E-state index contributed by atoms with van der Waals surface area (Å²) < 4.78 is 28.8. The van der Waals surface area contributed by atoms with E-state index in [9.17, 15) is 18.0 Å². The molecule has 3 aromatic carbocycles. The van der Waals surface area contributed by atoms with Crippen LogP contribution >= 0.6 is 34.8 Å². The number of rotatable bonds is 10. The lowest BCUT2D eigenvalue weighted by Gasteiger charge is -2.32. The smallest absolute Gasteiger partial charge is 0.264 e. The fraction of sp³-hybridized carbons (Fsp3) is 0.333. The number of carbonyl (C=O) groups is 2. The molecule has 1 aliphatic carbocycles. The summed E-state index contributed by atoms with van der Waals surface area (Å²) in [5, 5.41) is 4.01. The summed E-state index contributed by atoms with van der Waals surface area (Å²) in [6, 6.07) is 16.8. The van der Waals surface area contributed by atoms with Gasteiger partial charge in [-0.15, -0.1) is 0 Å². The first-order valence-electron chi connectivity index (χ1n) is 13.3. The maximum absolute atomic E-state index is 14.0. The predicted molar refractivity (Wildman–Crippen MR) is 164 cm³/mol. The normalized spacial score (nSPS) is 14.5. The molecule has 1 fully saturated rings. The van der Waals surface area contributed by atoms with Crippen LogP contribution in [0, 0.1) is 6.92 Å². The van der Waals surface area contributed by atoms with Gasteiger partial charge in [-0.25, -0.2) is 8.42 Å². The number of sulfonamides is 1. The molecule has 3 aromatic rings. The van der Waals surface area contributed by atoms with Crippen LogP contribution < -0.4 is 9.62 Å². The van der Waals surface area contributed by atoms with Gasteiger partial charge < -0.3 is 10.2 Å². The minimum absolute atomic E-state index is 0.00303. The van der Waals surface area contributed by atoms with E-state index in [1.54, 1.807) is 43.3 Å². The van der Waals surface area contributed by atoms with Crippen molar-refractivity contribution in [3.8, 4) is 0 Å². The third kappa shape index (κ3) is 7.95. The van der Waals surface area contributed by atoms with Gasteiger partial charge >= 0.3 is 0 Å². The minimum Gasteiger partial charge on any atom is -0.352 e. The molecular weight excluding hydrogens is 605 g/mol. The molecule has 1 atom stereocenters. The number of benzene rings is 3. The van der Waals surface area contributed by atoms with E-state index in [4.69, 9.17) is 34.8 Å². The van der Waals surface area contributed by atoms with E-state index in [0.717, 1.165) is 41.1 Å². The van der Waals surface area contributed by atoms with Crippen molar-refractivity contribution in [3.63, 3.8) is 0 Å². The number of amides is 2. The summed E-state index contributed by atoms with van der Waals surface area (Å²) >= 11 is 18.5. The van der Waals surface area contributed by atoms with Crippen LogP contribution in [0.25, 0.3) is 0 Å². The largest absolute Gasteiger partial charge is 0.352 e. The van der Waals surface area contributed by atoms with Crippen LogP contribution in [0.5, 0.6) is 0 Å². The molecule has 0 aliphatic heterocycles. The van der Waals surface area contributed by atoms with Crippen molar-refractivity contribution >= 4 is 62.3 Å². The van der Waals surface area contributed by atoms with Crippen molar-refractivity contribution in [1.29, 1.82) is 0 Å². The summed E-state index contributed by atoms with van der Waals surface area (Å²) in [6.45, 7) is 2.99. The fourth-order valence-electron chi connectivity index (χ4n) is 4.81. The summed E-state index contributed by atoms with van der Waals surface area (Å²) in [4.78, 5) is 28.7. The molecule has 0 saturated heterocycles. The van der Waals surface area contributed by atoms with Crippen LogP contribution in [-0.2, 0) is 26.2 Å². The molecule has 1 N–H and O–H groups in total.